The molecule has 4 nitrogen and oxygen atoms in total. The molecule has 120 valence electrons. The maximum Gasteiger partial charge on any atom is 0.417 e. The summed E-state index contributed by atoms with van der Waals surface area (Å²) in [4.78, 5) is 4.39. The zero-order chi connectivity index (χ0) is 16.6. The first-order valence-corrected chi connectivity index (χ1v) is 8.12. The number of nitrogens with zero attached hydrogens (tertiary/aromatic N) is 3. The minimum atomic E-state index is -4.47. The summed E-state index contributed by atoms with van der Waals surface area (Å²) in [6.45, 7) is 1.80. The Morgan fingerprint density at radius 1 is 1.22 bits per heavy atom. The lowest BCUT2D eigenvalue weighted by Gasteiger charge is -2.07. The van der Waals surface area contributed by atoms with Gasteiger partial charge in [0, 0.05) is 11.9 Å². The number of hydrogen-bond donors (Lipinski definition) is 0. The zero-order valence-electron chi connectivity index (χ0n) is 12.0. The van der Waals surface area contributed by atoms with Crippen LogP contribution in [0.25, 0.3) is 16.7 Å². The molecule has 3 rings (SSSR count). The van der Waals surface area contributed by atoms with Gasteiger partial charge in [-0.05, 0) is 18.2 Å². The zero-order valence-corrected chi connectivity index (χ0v) is 12.9. The van der Waals surface area contributed by atoms with Crippen LogP contribution in [0, 0.1) is 0 Å². The fourth-order valence-corrected chi connectivity index (χ4v) is 3.11. The Morgan fingerprint density at radius 2 is 1.96 bits per heavy atom. The van der Waals surface area contributed by atoms with Crippen LogP contribution in [0.3, 0.4) is 0 Å². The predicted octanol–water partition coefficient (Wildman–Crippen LogP) is 3.57. The summed E-state index contributed by atoms with van der Waals surface area (Å²) in [6, 6.07) is 7.91. The van der Waals surface area contributed by atoms with E-state index in [2.05, 4.69) is 10.1 Å². The topological polar surface area (TPSA) is 47.8 Å². The summed E-state index contributed by atoms with van der Waals surface area (Å²) < 4.78 is 51.8. The molecular formula is C15H12F3N3OS. The molecule has 0 fully saturated rings. The molecule has 1 aromatic carbocycles. The van der Waals surface area contributed by atoms with Crippen LogP contribution in [0.15, 0.2) is 47.6 Å². The van der Waals surface area contributed by atoms with E-state index in [4.69, 9.17) is 0 Å². The van der Waals surface area contributed by atoms with Crippen molar-refractivity contribution in [2.24, 2.45) is 0 Å². The van der Waals surface area contributed by atoms with Crippen molar-refractivity contribution in [3.8, 4) is 5.69 Å². The maximum absolute atomic E-state index is 12.7. The fraction of sp³-hybridized carbons (Fsp3) is 0.200. The van der Waals surface area contributed by atoms with Gasteiger partial charge in [-0.1, -0.05) is 19.1 Å². The second-order valence-electron chi connectivity index (χ2n) is 4.80. The molecule has 0 aliphatic rings. The molecule has 0 saturated heterocycles. The fourth-order valence-electron chi connectivity index (χ4n) is 2.18. The van der Waals surface area contributed by atoms with Gasteiger partial charge in [0.05, 0.1) is 33.1 Å². The molecule has 0 aliphatic carbocycles. The Balaban J connectivity index is 2.13. The minimum absolute atomic E-state index is 0.136. The quantitative estimate of drug-likeness (QED) is 0.733. The summed E-state index contributed by atoms with van der Waals surface area (Å²) >= 11 is 0. The molecule has 2 heterocycles. The Hall–Kier alpha value is -2.22. The summed E-state index contributed by atoms with van der Waals surface area (Å²) in [6.07, 6.45) is -2.15. The van der Waals surface area contributed by atoms with E-state index in [1.54, 1.807) is 31.2 Å². The van der Waals surface area contributed by atoms with Gasteiger partial charge in [-0.3, -0.25) is 9.19 Å². The van der Waals surface area contributed by atoms with Crippen LogP contribution in [0.2, 0.25) is 0 Å². The summed E-state index contributed by atoms with van der Waals surface area (Å²) in [5, 5.41) is 4.15. The number of fused-ring (bicyclic) bond motifs is 1. The highest BCUT2D eigenvalue weighted by Gasteiger charge is 2.31. The molecular weight excluding hydrogens is 327 g/mol. The van der Waals surface area contributed by atoms with E-state index in [0.29, 0.717) is 21.9 Å². The van der Waals surface area contributed by atoms with Crippen LogP contribution < -0.4 is 0 Å². The highest BCUT2D eigenvalue weighted by molar-refractivity contribution is 7.85. The molecule has 8 heteroatoms. The number of para-hydroxylation sites is 1. The van der Waals surface area contributed by atoms with Crippen molar-refractivity contribution in [3.05, 3.63) is 48.3 Å². The smallest absolute Gasteiger partial charge is 0.254 e. The van der Waals surface area contributed by atoms with E-state index >= 15 is 0 Å². The van der Waals surface area contributed by atoms with Gasteiger partial charge < -0.3 is 0 Å². The van der Waals surface area contributed by atoms with Crippen molar-refractivity contribution < 1.29 is 17.4 Å². The minimum Gasteiger partial charge on any atom is -0.254 e. The van der Waals surface area contributed by atoms with Crippen molar-refractivity contribution >= 4 is 21.8 Å². The van der Waals surface area contributed by atoms with Gasteiger partial charge in [-0.15, -0.1) is 0 Å². The lowest BCUT2D eigenvalue weighted by atomic mass is 10.2. The van der Waals surface area contributed by atoms with Crippen LogP contribution in [-0.2, 0) is 17.0 Å². The Kier molecular flexibility index (Phi) is 3.93. The Labute approximate surface area is 132 Å². The molecule has 0 amide bonds. The van der Waals surface area contributed by atoms with E-state index in [9.17, 15) is 17.4 Å². The lowest BCUT2D eigenvalue weighted by Crippen LogP contribution is -2.05. The molecule has 1 atom stereocenters. The molecule has 0 saturated carbocycles. The van der Waals surface area contributed by atoms with Gasteiger partial charge >= 0.3 is 6.18 Å². The standard InChI is InChI=1S/C15H12F3N3OS/c1-2-23(22)14-6-4-3-5-13(14)21-9-12-11(20-21)7-10(8-19-12)15(16,17)18/h3-9H,2H2,1H3. The number of pyridine rings is 1. The third-order valence-electron chi connectivity index (χ3n) is 3.30. The lowest BCUT2D eigenvalue weighted by molar-refractivity contribution is -0.137. The molecule has 0 N–H and O–H groups in total. The van der Waals surface area contributed by atoms with Crippen molar-refractivity contribution in [1.82, 2.24) is 14.8 Å². The van der Waals surface area contributed by atoms with Crippen LogP contribution in [0.4, 0.5) is 13.2 Å². The normalized spacial score (nSPS) is 13.4. The van der Waals surface area contributed by atoms with E-state index < -0.39 is 22.5 Å². The molecule has 3 aromatic rings. The number of halogens is 3. The molecule has 0 bridgehead atoms. The first kappa shape index (κ1) is 15.7. The van der Waals surface area contributed by atoms with Crippen molar-refractivity contribution in [1.29, 1.82) is 0 Å². The summed E-state index contributed by atoms with van der Waals surface area (Å²) in [7, 11) is -1.20. The first-order chi connectivity index (χ1) is 10.9. The Morgan fingerprint density at radius 3 is 2.65 bits per heavy atom. The van der Waals surface area contributed by atoms with Crippen LogP contribution in [-0.4, -0.2) is 24.7 Å². The molecule has 0 spiro atoms. The third kappa shape index (κ3) is 2.98. The van der Waals surface area contributed by atoms with Crippen molar-refractivity contribution in [2.45, 2.75) is 18.0 Å². The number of alkyl halides is 3. The molecule has 2 aromatic heterocycles. The average Bonchev–Trinajstić information content (AvgIpc) is 2.96. The maximum atomic E-state index is 12.7. The number of hydrogen-bond acceptors (Lipinski definition) is 3. The number of benzene rings is 1. The van der Waals surface area contributed by atoms with Gasteiger partial charge in [0.2, 0.25) is 0 Å². The second kappa shape index (κ2) is 5.77. The molecule has 1 unspecified atom stereocenters. The third-order valence-corrected chi connectivity index (χ3v) is 4.66. The van der Waals surface area contributed by atoms with E-state index in [-0.39, 0.29) is 5.52 Å². The number of aromatic nitrogens is 3. The molecule has 0 aliphatic heterocycles. The molecule has 0 radical (unpaired) electrons. The largest absolute Gasteiger partial charge is 0.417 e. The van der Waals surface area contributed by atoms with Crippen LogP contribution in [0.1, 0.15) is 12.5 Å². The molecule has 23 heavy (non-hydrogen) atoms. The summed E-state index contributed by atoms with van der Waals surface area (Å²) in [5.74, 6) is 0.439. The SMILES string of the molecule is CCS(=O)c1ccccc1-n1cc2ncc(C(F)(F)F)cc2n1. The van der Waals surface area contributed by atoms with E-state index in [0.717, 1.165) is 12.3 Å². The second-order valence-corrected chi connectivity index (χ2v) is 6.51. The predicted molar refractivity (Wildman–Crippen MR) is 80.8 cm³/mol. The van der Waals surface area contributed by atoms with Crippen LogP contribution in [0.5, 0.6) is 0 Å². The summed E-state index contributed by atoms with van der Waals surface area (Å²) in [5.41, 5.74) is 0.201. The van der Waals surface area contributed by atoms with Crippen molar-refractivity contribution in [3.63, 3.8) is 0 Å². The first-order valence-electron chi connectivity index (χ1n) is 6.80. The van der Waals surface area contributed by atoms with Gasteiger partial charge in [0.15, 0.2) is 0 Å². The van der Waals surface area contributed by atoms with Gasteiger partial charge in [0.1, 0.15) is 11.0 Å². The van der Waals surface area contributed by atoms with Gasteiger partial charge in [-0.25, -0.2) is 4.68 Å². The highest BCUT2D eigenvalue weighted by Crippen LogP contribution is 2.30. The highest BCUT2D eigenvalue weighted by atomic mass is 32.2. The van der Waals surface area contributed by atoms with E-state index in [1.807, 2.05) is 0 Å². The number of rotatable bonds is 3. The van der Waals surface area contributed by atoms with Gasteiger partial charge in [-0.2, -0.15) is 18.3 Å². The Bertz CT molecular complexity index is 889. The average molecular weight is 339 g/mol. The van der Waals surface area contributed by atoms with Gasteiger partial charge in [0.25, 0.3) is 0 Å². The van der Waals surface area contributed by atoms with Crippen molar-refractivity contribution in [2.75, 3.05) is 5.75 Å². The van der Waals surface area contributed by atoms with Crippen LogP contribution >= 0.6 is 0 Å². The monoisotopic (exact) mass is 339 g/mol. The van der Waals surface area contributed by atoms with E-state index in [1.165, 1.54) is 10.9 Å².